The predicted molar refractivity (Wildman–Crippen MR) is 122 cm³/mol. The summed E-state index contributed by atoms with van der Waals surface area (Å²) in [7, 11) is 1.88. The van der Waals surface area contributed by atoms with Crippen molar-refractivity contribution in [3.05, 3.63) is 66.2 Å². The molecule has 1 aromatic heterocycles. The molecule has 0 radical (unpaired) electrons. The van der Waals surface area contributed by atoms with Crippen molar-refractivity contribution in [1.82, 2.24) is 20.0 Å². The van der Waals surface area contributed by atoms with Gasteiger partial charge in [0.15, 0.2) is 0 Å². The van der Waals surface area contributed by atoms with Crippen molar-refractivity contribution in [2.45, 2.75) is 51.7 Å². The van der Waals surface area contributed by atoms with Crippen LogP contribution in [0.2, 0.25) is 0 Å². The Morgan fingerprint density at radius 2 is 1.71 bits per heavy atom. The molecule has 2 amide bonds. The van der Waals surface area contributed by atoms with Gasteiger partial charge in [-0.25, -0.2) is 9.48 Å². The summed E-state index contributed by atoms with van der Waals surface area (Å²) in [5.74, 6) is 1.39. The molecule has 6 nitrogen and oxygen atoms in total. The number of aryl methyl sites for hydroxylation is 1. The summed E-state index contributed by atoms with van der Waals surface area (Å²) >= 11 is 0. The smallest absolute Gasteiger partial charge is 0.318 e. The van der Waals surface area contributed by atoms with Crippen LogP contribution >= 0.6 is 0 Å². The number of amides is 2. The molecule has 1 saturated carbocycles. The third-order valence-corrected chi connectivity index (χ3v) is 5.15. The molecule has 1 heterocycles. The van der Waals surface area contributed by atoms with Crippen LogP contribution in [0.5, 0.6) is 11.6 Å². The third-order valence-electron chi connectivity index (χ3n) is 5.15. The van der Waals surface area contributed by atoms with E-state index in [4.69, 9.17) is 9.84 Å². The Balaban J connectivity index is 1.73. The van der Waals surface area contributed by atoms with Crippen molar-refractivity contribution in [2.75, 3.05) is 0 Å². The Morgan fingerprint density at radius 3 is 2.29 bits per heavy atom. The fourth-order valence-corrected chi connectivity index (χ4v) is 3.57. The normalized spacial score (nSPS) is 13.7. The summed E-state index contributed by atoms with van der Waals surface area (Å²) in [6, 6.07) is 19.9. The molecule has 1 aliphatic rings. The lowest BCUT2D eigenvalue weighted by Crippen LogP contribution is -2.49. The first kappa shape index (κ1) is 21.0. The van der Waals surface area contributed by atoms with Crippen LogP contribution in [0.1, 0.15) is 39.2 Å². The minimum Gasteiger partial charge on any atom is -0.439 e. The van der Waals surface area contributed by atoms with Gasteiger partial charge in [-0.3, -0.25) is 0 Å². The molecular weight excluding hydrogens is 388 g/mol. The van der Waals surface area contributed by atoms with Gasteiger partial charge in [-0.1, -0.05) is 48.5 Å². The van der Waals surface area contributed by atoms with Crippen LogP contribution in [-0.4, -0.2) is 32.3 Å². The highest BCUT2D eigenvalue weighted by atomic mass is 16.5. The summed E-state index contributed by atoms with van der Waals surface area (Å²) in [6.07, 6.45) is 2.04. The van der Waals surface area contributed by atoms with Crippen molar-refractivity contribution in [2.24, 2.45) is 7.05 Å². The quantitative estimate of drug-likeness (QED) is 0.587. The van der Waals surface area contributed by atoms with Crippen molar-refractivity contribution in [1.29, 1.82) is 0 Å². The number of ether oxygens (including phenoxy) is 1. The Kier molecular flexibility index (Phi) is 5.72. The highest BCUT2D eigenvalue weighted by Gasteiger charge is 2.36. The van der Waals surface area contributed by atoms with E-state index in [1.807, 2.05) is 93.4 Å². The number of aromatic nitrogens is 2. The van der Waals surface area contributed by atoms with Gasteiger partial charge in [0.1, 0.15) is 11.4 Å². The van der Waals surface area contributed by atoms with Gasteiger partial charge >= 0.3 is 6.03 Å². The molecule has 0 unspecified atom stereocenters. The molecule has 2 aromatic carbocycles. The molecule has 0 aliphatic heterocycles. The predicted octanol–water partition coefficient (Wildman–Crippen LogP) is 5.35. The second-order valence-corrected chi connectivity index (χ2v) is 9.08. The van der Waals surface area contributed by atoms with Crippen molar-refractivity contribution in [3.8, 4) is 22.9 Å². The minimum absolute atomic E-state index is 0.0523. The first-order chi connectivity index (χ1) is 14.8. The number of rotatable bonds is 6. The van der Waals surface area contributed by atoms with Crippen molar-refractivity contribution >= 4 is 6.03 Å². The SMILES string of the molecule is Cn1nc(-c2ccccc2)c(CN(C(=O)NC(C)(C)C)C2CC2)c1Oc1ccccc1. The second kappa shape index (κ2) is 8.46. The van der Waals surface area contributed by atoms with E-state index in [0.717, 1.165) is 35.4 Å². The molecule has 6 heteroatoms. The van der Waals surface area contributed by atoms with E-state index in [-0.39, 0.29) is 17.6 Å². The number of hydrogen-bond acceptors (Lipinski definition) is 3. The summed E-state index contributed by atoms with van der Waals surface area (Å²) in [5.41, 5.74) is 2.45. The monoisotopic (exact) mass is 418 g/mol. The fraction of sp³-hybridized carbons (Fsp3) is 0.360. The van der Waals surface area contributed by atoms with E-state index in [0.29, 0.717) is 12.4 Å². The molecule has 0 atom stereocenters. The highest BCUT2D eigenvalue weighted by molar-refractivity contribution is 5.76. The van der Waals surface area contributed by atoms with Crippen LogP contribution in [0.3, 0.4) is 0 Å². The molecule has 0 bridgehead atoms. The van der Waals surface area contributed by atoms with Crippen LogP contribution in [-0.2, 0) is 13.6 Å². The van der Waals surface area contributed by atoms with Crippen LogP contribution in [0, 0.1) is 0 Å². The molecule has 3 aromatic rings. The van der Waals surface area contributed by atoms with Gasteiger partial charge in [-0.15, -0.1) is 0 Å². The Morgan fingerprint density at radius 1 is 1.10 bits per heavy atom. The number of para-hydroxylation sites is 1. The van der Waals surface area contributed by atoms with Gasteiger partial charge in [0.2, 0.25) is 5.88 Å². The van der Waals surface area contributed by atoms with E-state index in [1.54, 1.807) is 4.68 Å². The Bertz CT molecular complexity index is 1030. The van der Waals surface area contributed by atoms with E-state index in [1.165, 1.54) is 0 Å². The molecule has 0 spiro atoms. The first-order valence-corrected chi connectivity index (χ1v) is 10.7. The number of nitrogens with zero attached hydrogens (tertiary/aromatic N) is 3. The zero-order valence-electron chi connectivity index (χ0n) is 18.6. The first-order valence-electron chi connectivity index (χ1n) is 10.7. The van der Waals surface area contributed by atoms with Gasteiger partial charge in [-0.05, 0) is 45.7 Å². The summed E-state index contributed by atoms with van der Waals surface area (Å²) < 4.78 is 8.03. The minimum atomic E-state index is -0.301. The van der Waals surface area contributed by atoms with Crippen molar-refractivity contribution in [3.63, 3.8) is 0 Å². The lowest BCUT2D eigenvalue weighted by molar-refractivity contribution is 0.182. The zero-order chi connectivity index (χ0) is 22.0. The largest absolute Gasteiger partial charge is 0.439 e. The summed E-state index contributed by atoms with van der Waals surface area (Å²) in [6.45, 7) is 6.44. The van der Waals surface area contributed by atoms with E-state index in [9.17, 15) is 4.79 Å². The average Bonchev–Trinajstić information content (AvgIpc) is 3.52. The molecule has 31 heavy (non-hydrogen) atoms. The molecule has 1 aliphatic carbocycles. The Labute approximate surface area is 183 Å². The molecule has 4 rings (SSSR count). The lowest BCUT2D eigenvalue weighted by atomic mass is 10.1. The number of benzene rings is 2. The maximum absolute atomic E-state index is 13.1. The van der Waals surface area contributed by atoms with E-state index in [2.05, 4.69) is 5.32 Å². The van der Waals surface area contributed by atoms with Crippen LogP contribution in [0.25, 0.3) is 11.3 Å². The van der Waals surface area contributed by atoms with E-state index >= 15 is 0 Å². The lowest BCUT2D eigenvalue weighted by Gasteiger charge is -2.28. The van der Waals surface area contributed by atoms with E-state index < -0.39 is 0 Å². The van der Waals surface area contributed by atoms with Gasteiger partial charge in [0, 0.05) is 24.2 Å². The maximum atomic E-state index is 13.1. The van der Waals surface area contributed by atoms with Gasteiger partial charge in [0.25, 0.3) is 0 Å². The standard InChI is InChI=1S/C25H30N4O2/c1-25(2,3)26-24(30)29(19-15-16-19)17-21-22(18-11-7-5-8-12-18)27-28(4)23(21)31-20-13-9-6-10-14-20/h5-14,19H,15-17H2,1-4H3,(H,26,30). The van der Waals surface area contributed by atoms with Crippen LogP contribution in [0.4, 0.5) is 4.79 Å². The maximum Gasteiger partial charge on any atom is 0.318 e. The number of carbonyl (C=O) groups is 1. The number of urea groups is 1. The van der Waals surface area contributed by atoms with Crippen molar-refractivity contribution < 1.29 is 9.53 Å². The topological polar surface area (TPSA) is 59.4 Å². The Hall–Kier alpha value is -3.28. The second-order valence-electron chi connectivity index (χ2n) is 9.08. The average molecular weight is 419 g/mol. The van der Waals surface area contributed by atoms with Gasteiger partial charge in [-0.2, -0.15) is 5.10 Å². The molecule has 162 valence electrons. The molecule has 1 fully saturated rings. The molecule has 0 saturated heterocycles. The molecular formula is C25H30N4O2. The van der Waals surface area contributed by atoms with Crippen LogP contribution in [0.15, 0.2) is 60.7 Å². The zero-order valence-corrected chi connectivity index (χ0v) is 18.6. The third kappa shape index (κ3) is 5.08. The number of nitrogens with one attached hydrogen (secondary N) is 1. The molecule has 1 N–H and O–H groups in total. The van der Waals surface area contributed by atoms with Crippen LogP contribution < -0.4 is 10.1 Å². The fourth-order valence-electron chi connectivity index (χ4n) is 3.57. The number of carbonyl (C=O) groups excluding carboxylic acids is 1. The summed E-state index contributed by atoms with van der Waals surface area (Å²) in [4.78, 5) is 15.0. The van der Waals surface area contributed by atoms with Gasteiger partial charge in [0.05, 0.1) is 12.1 Å². The number of hydrogen-bond donors (Lipinski definition) is 1. The summed E-state index contributed by atoms with van der Waals surface area (Å²) in [5, 5.41) is 7.89. The van der Waals surface area contributed by atoms with Gasteiger partial charge < -0.3 is 15.0 Å². The highest BCUT2D eigenvalue weighted by Crippen LogP contribution is 2.37.